The van der Waals surface area contributed by atoms with Crippen molar-refractivity contribution in [2.45, 2.75) is 32.2 Å². The lowest BCUT2D eigenvalue weighted by atomic mass is 9.94. The Morgan fingerprint density at radius 3 is 2.68 bits per heavy atom. The molecule has 10 heteroatoms. The molecule has 0 spiro atoms. The molecule has 0 radical (unpaired) electrons. The lowest BCUT2D eigenvalue weighted by molar-refractivity contribution is -0.138. The van der Waals surface area contributed by atoms with Gasteiger partial charge in [-0.15, -0.1) is 0 Å². The van der Waals surface area contributed by atoms with E-state index in [0.29, 0.717) is 44.1 Å². The second kappa shape index (κ2) is 8.75. The van der Waals surface area contributed by atoms with Crippen LogP contribution < -0.4 is 10.2 Å². The smallest absolute Gasteiger partial charge is 0.246 e. The number of aromatic nitrogens is 2. The molecule has 31 heavy (non-hydrogen) atoms. The van der Waals surface area contributed by atoms with Crippen LogP contribution in [0.25, 0.3) is 0 Å². The van der Waals surface area contributed by atoms with Crippen molar-refractivity contribution in [2.24, 2.45) is 11.0 Å². The minimum absolute atomic E-state index is 0.131. The van der Waals surface area contributed by atoms with Crippen molar-refractivity contribution in [3.63, 3.8) is 0 Å². The number of carbonyl (C=O) groups is 2. The quantitative estimate of drug-likeness (QED) is 0.809. The summed E-state index contributed by atoms with van der Waals surface area (Å²) in [6.45, 7) is 2.51. The maximum atomic E-state index is 14.2. The van der Waals surface area contributed by atoms with Gasteiger partial charge in [-0.3, -0.25) is 9.59 Å². The molecule has 0 saturated carbocycles. The lowest BCUT2D eigenvalue weighted by Gasteiger charge is -2.33. The summed E-state index contributed by atoms with van der Waals surface area (Å²) < 4.78 is 27.9. The van der Waals surface area contributed by atoms with Crippen LogP contribution in [0.15, 0.2) is 35.6 Å². The summed E-state index contributed by atoms with van der Waals surface area (Å²) in [5, 5.41) is 8.06. The van der Waals surface area contributed by atoms with Crippen LogP contribution in [0.3, 0.4) is 0 Å². The second-order valence-electron chi connectivity index (χ2n) is 7.58. The van der Waals surface area contributed by atoms with Gasteiger partial charge in [-0.05, 0) is 37.1 Å². The highest BCUT2D eigenvalue weighted by atomic mass is 19.1. The number of carbonyl (C=O) groups excluding carboxylic acids is 2. The summed E-state index contributed by atoms with van der Waals surface area (Å²) in [6.07, 6.45) is 4.58. The number of amides is 2. The number of halogens is 2. The van der Waals surface area contributed by atoms with E-state index in [2.05, 4.69) is 20.4 Å². The largest absolute Gasteiger partial charge is 0.341 e. The molecule has 1 saturated heterocycles. The van der Waals surface area contributed by atoms with E-state index in [-0.39, 0.29) is 23.3 Å². The second-order valence-corrected chi connectivity index (χ2v) is 7.58. The van der Waals surface area contributed by atoms with Gasteiger partial charge in [0.05, 0.1) is 6.04 Å². The minimum Gasteiger partial charge on any atom is -0.341 e. The molecule has 1 aromatic heterocycles. The van der Waals surface area contributed by atoms with Crippen LogP contribution in [-0.2, 0) is 9.59 Å². The van der Waals surface area contributed by atoms with Crippen molar-refractivity contribution in [3.8, 4) is 0 Å². The van der Waals surface area contributed by atoms with E-state index < -0.39 is 17.7 Å². The molecule has 1 atom stereocenters. The first-order chi connectivity index (χ1) is 14.9. The Morgan fingerprint density at radius 2 is 1.94 bits per heavy atom. The van der Waals surface area contributed by atoms with Crippen LogP contribution in [0, 0.1) is 17.6 Å². The van der Waals surface area contributed by atoms with Crippen LogP contribution in [0.5, 0.6) is 0 Å². The molecule has 0 bridgehead atoms. The summed E-state index contributed by atoms with van der Waals surface area (Å²) in [5.41, 5.74) is 0.131. The molecule has 0 aliphatic carbocycles. The van der Waals surface area contributed by atoms with Gasteiger partial charge in [-0.2, -0.15) is 10.1 Å². The Balaban J connectivity index is 1.42. The lowest BCUT2D eigenvalue weighted by Crippen LogP contribution is -2.41. The fourth-order valence-electron chi connectivity index (χ4n) is 3.92. The first-order valence-corrected chi connectivity index (χ1v) is 10.1. The molecule has 1 aromatic carbocycles. The van der Waals surface area contributed by atoms with Crippen molar-refractivity contribution in [1.29, 1.82) is 0 Å². The molecule has 4 rings (SSSR count). The van der Waals surface area contributed by atoms with Crippen LogP contribution in [0.2, 0.25) is 0 Å². The van der Waals surface area contributed by atoms with E-state index in [9.17, 15) is 18.4 Å². The molecule has 2 amide bonds. The van der Waals surface area contributed by atoms with E-state index in [1.807, 2.05) is 4.90 Å². The summed E-state index contributed by atoms with van der Waals surface area (Å²) in [5.74, 6) is -0.909. The molecule has 8 nitrogen and oxygen atoms in total. The highest BCUT2D eigenvalue weighted by Crippen LogP contribution is 2.33. The predicted molar refractivity (Wildman–Crippen MR) is 110 cm³/mol. The molecule has 1 unspecified atom stereocenters. The number of hydrogen-bond acceptors (Lipinski definition) is 6. The Kier molecular flexibility index (Phi) is 5.88. The standard InChI is InChI=1S/C21H22F2N6O2/c1-13(30)26-19-5-8-24-21(27-19)28-10-6-14(7-11-28)20(31)29-18(4-9-25-29)16-12-15(22)2-3-17(16)23/h2-3,5,8-9,12,14,18H,4,6-7,10-11H2,1H3,(H,24,26,27,30). The fourth-order valence-corrected chi connectivity index (χ4v) is 3.92. The zero-order chi connectivity index (χ0) is 22.0. The molecule has 3 heterocycles. The van der Waals surface area contributed by atoms with Crippen molar-refractivity contribution < 1.29 is 18.4 Å². The average Bonchev–Trinajstić information content (AvgIpc) is 3.24. The van der Waals surface area contributed by atoms with Gasteiger partial charge in [0.1, 0.15) is 17.5 Å². The van der Waals surface area contributed by atoms with E-state index in [0.717, 1.165) is 18.2 Å². The van der Waals surface area contributed by atoms with E-state index >= 15 is 0 Å². The van der Waals surface area contributed by atoms with Crippen LogP contribution >= 0.6 is 0 Å². The van der Waals surface area contributed by atoms with Crippen molar-refractivity contribution in [3.05, 3.63) is 47.7 Å². The van der Waals surface area contributed by atoms with Gasteiger partial charge in [0, 0.05) is 50.3 Å². The molecular weight excluding hydrogens is 406 g/mol. The molecule has 1 N–H and O–H groups in total. The number of nitrogens with one attached hydrogen (secondary N) is 1. The molecule has 1 fully saturated rings. The summed E-state index contributed by atoms with van der Waals surface area (Å²) in [7, 11) is 0. The molecular formula is C21H22F2N6O2. The Morgan fingerprint density at radius 1 is 1.16 bits per heavy atom. The first kappa shape index (κ1) is 20.8. The van der Waals surface area contributed by atoms with Gasteiger partial charge in [-0.1, -0.05) is 0 Å². The SMILES string of the molecule is CC(=O)Nc1ccnc(N2CCC(C(=O)N3N=CCC3c3cc(F)ccc3F)CC2)n1. The average molecular weight is 428 g/mol. The number of anilines is 2. The number of hydrogen-bond donors (Lipinski definition) is 1. The van der Waals surface area contributed by atoms with Gasteiger partial charge < -0.3 is 10.2 Å². The molecule has 162 valence electrons. The number of piperidine rings is 1. The third kappa shape index (κ3) is 4.52. The monoisotopic (exact) mass is 428 g/mol. The van der Waals surface area contributed by atoms with Gasteiger partial charge in [-0.25, -0.2) is 18.8 Å². The first-order valence-electron chi connectivity index (χ1n) is 10.1. The minimum atomic E-state index is -0.640. The maximum Gasteiger partial charge on any atom is 0.246 e. The number of nitrogens with zero attached hydrogens (tertiary/aromatic N) is 5. The fraction of sp³-hybridized carbons (Fsp3) is 0.381. The van der Waals surface area contributed by atoms with E-state index in [4.69, 9.17) is 0 Å². The summed E-state index contributed by atoms with van der Waals surface area (Å²) in [4.78, 5) is 34.9. The van der Waals surface area contributed by atoms with Crippen molar-refractivity contribution in [1.82, 2.24) is 15.0 Å². The van der Waals surface area contributed by atoms with Crippen LogP contribution in [-0.4, -0.2) is 46.1 Å². The highest BCUT2D eigenvalue weighted by Gasteiger charge is 2.36. The van der Waals surface area contributed by atoms with Crippen LogP contribution in [0.1, 0.15) is 37.8 Å². The van der Waals surface area contributed by atoms with Gasteiger partial charge >= 0.3 is 0 Å². The topological polar surface area (TPSA) is 90.8 Å². The number of benzene rings is 1. The van der Waals surface area contributed by atoms with Gasteiger partial charge in [0.2, 0.25) is 17.8 Å². The number of rotatable bonds is 4. The predicted octanol–water partition coefficient (Wildman–Crippen LogP) is 2.89. The van der Waals surface area contributed by atoms with E-state index in [1.165, 1.54) is 11.9 Å². The van der Waals surface area contributed by atoms with Crippen LogP contribution in [0.4, 0.5) is 20.5 Å². The summed E-state index contributed by atoms with van der Waals surface area (Å²) in [6, 6.07) is 4.22. The Labute approximate surface area is 178 Å². The molecule has 2 aromatic rings. The molecule has 2 aliphatic heterocycles. The van der Waals surface area contributed by atoms with Crippen molar-refractivity contribution in [2.75, 3.05) is 23.3 Å². The van der Waals surface area contributed by atoms with Crippen molar-refractivity contribution >= 4 is 29.8 Å². The van der Waals surface area contributed by atoms with Gasteiger partial charge in [0.15, 0.2) is 0 Å². The third-order valence-electron chi connectivity index (χ3n) is 5.45. The maximum absolute atomic E-state index is 14.2. The zero-order valence-electron chi connectivity index (χ0n) is 17.0. The Hall–Kier alpha value is -3.43. The normalized spacial score (nSPS) is 19.0. The number of hydrazone groups is 1. The van der Waals surface area contributed by atoms with Gasteiger partial charge in [0.25, 0.3) is 0 Å². The highest BCUT2D eigenvalue weighted by molar-refractivity contribution is 5.87. The summed E-state index contributed by atoms with van der Waals surface area (Å²) >= 11 is 0. The van der Waals surface area contributed by atoms with E-state index in [1.54, 1.807) is 18.5 Å². The molecule has 2 aliphatic rings. The zero-order valence-corrected chi connectivity index (χ0v) is 17.0. The Bertz CT molecular complexity index is 1020. The third-order valence-corrected chi connectivity index (χ3v) is 5.45.